The number of piperidine rings is 1. The summed E-state index contributed by atoms with van der Waals surface area (Å²) in [6, 6.07) is 11.0. The summed E-state index contributed by atoms with van der Waals surface area (Å²) in [6.07, 6.45) is 6.89. The topological polar surface area (TPSA) is 20.3 Å². The van der Waals surface area contributed by atoms with Crippen LogP contribution in [0.2, 0.25) is 0 Å². The summed E-state index contributed by atoms with van der Waals surface area (Å²) in [7, 11) is 0. The molecule has 88 valence electrons. The Kier molecular flexibility index (Phi) is 2.81. The third-order valence-electron chi connectivity index (χ3n) is 3.78. The van der Waals surface area contributed by atoms with E-state index in [2.05, 4.69) is 41.3 Å². The Labute approximate surface area is 102 Å². The largest absolute Gasteiger partial charge is 0.300 e. The lowest BCUT2D eigenvalue weighted by Crippen LogP contribution is -2.45. The van der Waals surface area contributed by atoms with Crippen LogP contribution in [0.5, 0.6) is 0 Å². The highest BCUT2D eigenvalue weighted by Crippen LogP contribution is 2.34. The van der Waals surface area contributed by atoms with Gasteiger partial charge in [0.2, 0.25) is 0 Å². The number of benzene rings is 1. The summed E-state index contributed by atoms with van der Waals surface area (Å²) in [6.45, 7) is 1.08. The Morgan fingerprint density at radius 3 is 2.76 bits per heavy atom. The Morgan fingerprint density at radius 2 is 1.94 bits per heavy atom. The van der Waals surface area contributed by atoms with Gasteiger partial charge in [-0.2, -0.15) is 0 Å². The first-order valence-corrected chi connectivity index (χ1v) is 6.33. The second kappa shape index (κ2) is 4.46. The minimum Gasteiger partial charge on any atom is -0.300 e. The van der Waals surface area contributed by atoms with Gasteiger partial charge in [-0.05, 0) is 12.0 Å². The standard InChI is InChI=1S/C15H17NO/c17-14-10-13-8-4-5-9-16(13)15(11-14)12-6-2-1-3-7-12/h1-4,6-8,13,15H,5,9-11H2/t13-,15+/m1/s1. The Hall–Kier alpha value is -1.41. The van der Waals surface area contributed by atoms with Crippen LogP contribution in [0.15, 0.2) is 42.5 Å². The molecule has 1 aromatic rings. The van der Waals surface area contributed by atoms with Crippen LogP contribution in [0.25, 0.3) is 0 Å². The average molecular weight is 227 g/mol. The van der Waals surface area contributed by atoms with Crippen LogP contribution in [0.3, 0.4) is 0 Å². The normalized spacial score (nSPS) is 29.1. The number of ketones is 1. The summed E-state index contributed by atoms with van der Waals surface area (Å²) in [5.74, 6) is 0.395. The minimum absolute atomic E-state index is 0.285. The molecule has 3 rings (SSSR count). The van der Waals surface area contributed by atoms with Gasteiger partial charge in [0.05, 0.1) is 0 Å². The van der Waals surface area contributed by atoms with Crippen LogP contribution in [-0.4, -0.2) is 23.3 Å². The van der Waals surface area contributed by atoms with E-state index in [-0.39, 0.29) is 6.04 Å². The first kappa shape index (κ1) is 10.7. The summed E-state index contributed by atoms with van der Waals surface area (Å²) in [4.78, 5) is 14.3. The molecule has 2 aliphatic rings. The van der Waals surface area contributed by atoms with Gasteiger partial charge in [0.25, 0.3) is 0 Å². The van der Waals surface area contributed by atoms with Crippen molar-refractivity contribution < 1.29 is 4.79 Å². The fourth-order valence-electron chi connectivity index (χ4n) is 2.96. The van der Waals surface area contributed by atoms with Crippen molar-refractivity contribution in [3.63, 3.8) is 0 Å². The Balaban J connectivity index is 1.92. The molecule has 2 aliphatic heterocycles. The monoisotopic (exact) mass is 227 g/mol. The van der Waals surface area contributed by atoms with Crippen LogP contribution in [0.1, 0.15) is 30.9 Å². The van der Waals surface area contributed by atoms with Crippen LogP contribution < -0.4 is 0 Å². The van der Waals surface area contributed by atoms with Gasteiger partial charge in [-0.25, -0.2) is 0 Å². The van der Waals surface area contributed by atoms with E-state index in [0.717, 1.165) is 13.0 Å². The minimum atomic E-state index is 0.285. The number of Topliss-reactive ketones (excluding diaryl/α,β-unsaturated/α-hetero) is 1. The fraction of sp³-hybridized carbons (Fsp3) is 0.400. The number of hydrogen-bond acceptors (Lipinski definition) is 2. The first-order chi connectivity index (χ1) is 8.34. The summed E-state index contributed by atoms with van der Waals surface area (Å²) in [5, 5.41) is 0. The van der Waals surface area contributed by atoms with Gasteiger partial charge in [0, 0.05) is 31.5 Å². The second-order valence-corrected chi connectivity index (χ2v) is 4.90. The lowest BCUT2D eigenvalue weighted by Gasteiger charge is -2.42. The molecule has 2 atom stereocenters. The Morgan fingerprint density at radius 1 is 1.12 bits per heavy atom. The molecule has 0 bridgehead atoms. The van der Waals surface area contributed by atoms with Gasteiger partial charge < -0.3 is 0 Å². The van der Waals surface area contributed by atoms with Crippen molar-refractivity contribution in [3.8, 4) is 0 Å². The van der Waals surface area contributed by atoms with Gasteiger partial charge in [0.15, 0.2) is 0 Å². The number of carbonyl (C=O) groups excluding carboxylic acids is 1. The van der Waals surface area contributed by atoms with Gasteiger partial charge in [-0.1, -0.05) is 42.5 Å². The summed E-state index contributed by atoms with van der Waals surface area (Å²) >= 11 is 0. The maximum absolute atomic E-state index is 11.8. The molecule has 0 aromatic heterocycles. The highest BCUT2D eigenvalue weighted by atomic mass is 16.1. The van der Waals surface area contributed by atoms with E-state index in [0.29, 0.717) is 24.7 Å². The third kappa shape index (κ3) is 2.05. The quantitative estimate of drug-likeness (QED) is 0.687. The van der Waals surface area contributed by atoms with E-state index in [1.807, 2.05) is 6.07 Å². The van der Waals surface area contributed by atoms with E-state index >= 15 is 0 Å². The molecular formula is C15H17NO. The van der Waals surface area contributed by atoms with Gasteiger partial charge >= 0.3 is 0 Å². The van der Waals surface area contributed by atoms with Gasteiger partial charge in [-0.15, -0.1) is 0 Å². The van der Waals surface area contributed by atoms with Crippen molar-refractivity contribution >= 4 is 5.78 Å². The zero-order valence-corrected chi connectivity index (χ0v) is 9.88. The zero-order chi connectivity index (χ0) is 11.7. The van der Waals surface area contributed by atoms with Crippen LogP contribution in [-0.2, 0) is 4.79 Å². The van der Waals surface area contributed by atoms with Crippen molar-refractivity contribution in [2.45, 2.75) is 31.3 Å². The number of nitrogens with zero attached hydrogens (tertiary/aromatic N) is 1. The van der Waals surface area contributed by atoms with E-state index in [9.17, 15) is 4.79 Å². The second-order valence-electron chi connectivity index (χ2n) is 4.90. The molecule has 2 nitrogen and oxygen atoms in total. The van der Waals surface area contributed by atoms with Crippen molar-refractivity contribution in [2.75, 3.05) is 6.54 Å². The molecule has 0 saturated carbocycles. The molecule has 0 spiro atoms. The number of hydrogen-bond donors (Lipinski definition) is 0. The van der Waals surface area contributed by atoms with E-state index in [1.165, 1.54) is 5.56 Å². The van der Waals surface area contributed by atoms with Crippen LogP contribution in [0.4, 0.5) is 0 Å². The van der Waals surface area contributed by atoms with Gasteiger partial charge in [-0.3, -0.25) is 9.69 Å². The fourth-order valence-corrected chi connectivity index (χ4v) is 2.96. The third-order valence-corrected chi connectivity index (χ3v) is 3.78. The van der Waals surface area contributed by atoms with Crippen LogP contribution in [0, 0.1) is 0 Å². The molecular weight excluding hydrogens is 210 g/mol. The number of fused-ring (bicyclic) bond motifs is 1. The smallest absolute Gasteiger partial charge is 0.136 e. The SMILES string of the molecule is O=C1C[C@H]2C=CCCN2[C@H](c2ccccc2)C1. The molecule has 0 amide bonds. The maximum Gasteiger partial charge on any atom is 0.136 e. The highest BCUT2D eigenvalue weighted by Gasteiger charge is 2.34. The molecule has 2 heterocycles. The summed E-state index contributed by atoms with van der Waals surface area (Å²) in [5.41, 5.74) is 1.28. The highest BCUT2D eigenvalue weighted by molar-refractivity contribution is 5.81. The van der Waals surface area contributed by atoms with E-state index < -0.39 is 0 Å². The predicted octanol–water partition coefficient (Wildman–Crippen LogP) is 2.72. The van der Waals surface area contributed by atoms with Crippen molar-refractivity contribution in [1.82, 2.24) is 4.90 Å². The molecule has 1 saturated heterocycles. The molecule has 0 unspecified atom stereocenters. The lowest BCUT2D eigenvalue weighted by molar-refractivity contribution is -0.124. The van der Waals surface area contributed by atoms with Crippen molar-refractivity contribution in [2.24, 2.45) is 0 Å². The van der Waals surface area contributed by atoms with Crippen LogP contribution >= 0.6 is 0 Å². The Bertz CT molecular complexity index is 437. The van der Waals surface area contributed by atoms with Crippen molar-refractivity contribution in [3.05, 3.63) is 48.0 Å². The molecule has 0 aliphatic carbocycles. The zero-order valence-electron chi connectivity index (χ0n) is 9.88. The van der Waals surface area contributed by atoms with Gasteiger partial charge in [0.1, 0.15) is 5.78 Å². The molecule has 1 aromatic carbocycles. The maximum atomic E-state index is 11.8. The predicted molar refractivity (Wildman–Crippen MR) is 67.7 cm³/mol. The first-order valence-electron chi connectivity index (χ1n) is 6.33. The lowest BCUT2D eigenvalue weighted by atomic mass is 9.88. The van der Waals surface area contributed by atoms with E-state index in [4.69, 9.17) is 0 Å². The van der Waals surface area contributed by atoms with E-state index in [1.54, 1.807) is 0 Å². The molecule has 1 fully saturated rings. The number of carbonyl (C=O) groups is 1. The molecule has 2 heteroatoms. The molecule has 17 heavy (non-hydrogen) atoms. The average Bonchev–Trinajstić information content (AvgIpc) is 2.39. The summed E-state index contributed by atoms with van der Waals surface area (Å²) < 4.78 is 0. The number of rotatable bonds is 1. The molecule has 0 radical (unpaired) electrons. The molecule has 0 N–H and O–H groups in total. The van der Waals surface area contributed by atoms with Crippen molar-refractivity contribution in [1.29, 1.82) is 0 Å².